The highest BCUT2D eigenvalue weighted by Crippen LogP contribution is 2.33. The Bertz CT molecular complexity index is 860. The first kappa shape index (κ1) is 16.9. The third-order valence-electron chi connectivity index (χ3n) is 3.79. The highest BCUT2D eigenvalue weighted by molar-refractivity contribution is 7.89. The molecule has 0 radical (unpaired) electrons. The number of carbonyl (C=O) groups excluding carboxylic acids is 1. The maximum absolute atomic E-state index is 12.8. The van der Waals surface area contributed by atoms with Crippen LogP contribution in [0.4, 0.5) is 5.69 Å². The van der Waals surface area contributed by atoms with E-state index in [2.05, 4.69) is 10.0 Å². The lowest BCUT2D eigenvalue weighted by molar-refractivity contribution is -0.118. The second-order valence-corrected chi connectivity index (χ2v) is 8.21. The van der Waals surface area contributed by atoms with Crippen molar-refractivity contribution in [3.63, 3.8) is 0 Å². The molecule has 0 fully saturated rings. The molecular weight excluding hydrogens is 348 g/mol. The van der Waals surface area contributed by atoms with Gasteiger partial charge in [0.05, 0.1) is 16.6 Å². The Balaban J connectivity index is 1.93. The number of amides is 1. The van der Waals surface area contributed by atoms with Gasteiger partial charge in [0.2, 0.25) is 10.0 Å². The van der Waals surface area contributed by atoms with Gasteiger partial charge in [0, 0.05) is 10.9 Å². The SMILES string of the molecule is CC[C@@H](NS(=O)(=O)c1cc2c(cc1C)NC(=O)CO2)c1cccs1. The number of fused-ring (bicyclic) bond motifs is 1. The van der Waals surface area contributed by atoms with E-state index in [1.165, 1.54) is 17.4 Å². The molecule has 1 atom stereocenters. The molecule has 0 unspecified atom stereocenters. The Labute approximate surface area is 144 Å². The summed E-state index contributed by atoms with van der Waals surface area (Å²) in [5, 5.41) is 4.60. The van der Waals surface area contributed by atoms with Crippen molar-refractivity contribution in [3.05, 3.63) is 40.1 Å². The van der Waals surface area contributed by atoms with Gasteiger partial charge in [-0.3, -0.25) is 4.79 Å². The summed E-state index contributed by atoms with van der Waals surface area (Å²) in [6, 6.07) is 6.63. The van der Waals surface area contributed by atoms with Gasteiger partial charge in [-0.2, -0.15) is 0 Å². The fourth-order valence-electron chi connectivity index (χ4n) is 2.59. The van der Waals surface area contributed by atoms with Gasteiger partial charge in [-0.1, -0.05) is 13.0 Å². The summed E-state index contributed by atoms with van der Waals surface area (Å²) < 4.78 is 33.7. The predicted octanol–water partition coefficient (Wildman–Crippen LogP) is 2.82. The first-order valence-corrected chi connectivity index (χ1v) is 9.90. The van der Waals surface area contributed by atoms with Crippen molar-refractivity contribution < 1.29 is 17.9 Å². The van der Waals surface area contributed by atoms with Crippen LogP contribution in [-0.2, 0) is 14.8 Å². The summed E-state index contributed by atoms with van der Waals surface area (Å²) in [5.41, 5.74) is 1.04. The maximum atomic E-state index is 12.8. The zero-order chi connectivity index (χ0) is 17.3. The minimum absolute atomic E-state index is 0.115. The van der Waals surface area contributed by atoms with Crippen LogP contribution in [0, 0.1) is 6.92 Å². The van der Waals surface area contributed by atoms with Gasteiger partial charge in [-0.25, -0.2) is 13.1 Å². The number of rotatable bonds is 5. The Morgan fingerprint density at radius 3 is 2.88 bits per heavy atom. The lowest BCUT2D eigenvalue weighted by atomic mass is 10.2. The molecule has 3 rings (SSSR count). The van der Waals surface area contributed by atoms with Crippen LogP contribution in [0.1, 0.15) is 29.8 Å². The molecule has 0 saturated carbocycles. The number of anilines is 1. The molecule has 0 saturated heterocycles. The van der Waals surface area contributed by atoms with E-state index in [0.29, 0.717) is 23.4 Å². The topological polar surface area (TPSA) is 84.5 Å². The molecule has 0 spiro atoms. The lowest BCUT2D eigenvalue weighted by Gasteiger charge is -2.21. The van der Waals surface area contributed by atoms with Gasteiger partial charge in [0.15, 0.2) is 6.61 Å². The molecule has 1 aliphatic rings. The normalized spacial score (nSPS) is 15.3. The Kier molecular flexibility index (Phi) is 4.62. The molecule has 2 aromatic rings. The molecule has 2 heterocycles. The smallest absolute Gasteiger partial charge is 0.262 e. The summed E-state index contributed by atoms with van der Waals surface area (Å²) in [6.07, 6.45) is 0.649. The molecule has 6 nitrogen and oxygen atoms in total. The van der Waals surface area contributed by atoms with Gasteiger partial charge < -0.3 is 10.1 Å². The number of sulfonamides is 1. The average Bonchev–Trinajstić information content (AvgIpc) is 3.06. The van der Waals surface area contributed by atoms with Crippen molar-refractivity contribution in [2.24, 2.45) is 0 Å². The van der Waals surface area contributed by atoms with Crippen molar-refractivity contribution in [3.8, 4) is 5.75 Å². The number of ether oxygens (including phenoxy) is 1. The molecule has 0 aliphatic carbocycles. The Morgan fingerprint density at radius 2 is 2.21 bits per heavy atom. The van der Waals surface area contributed by atoms with Gasteiger partial charge in [-0.05, 0) is 36.4 Å². The second-order valence-electron chi connectivity index (χ2n) is 5.55. The largest absolute Gasteiger partial charge is 0.482 e. The molecule has 1 aromatic carbocycles. The fourth-order valence-corrected chi connectivity index (χ4v) is 5.06. The minimum atomic E-state index is -3.71. The van der Waals surface area contributed by atoms with Crippen LogP contribution in [-0.4, -0.2) is 20.9 Å². The summed E-state index contributed by atoms with van der Waals surface area (Å²) in [4.78, 5) is 12.5. The van der Waals surface area contributed by atoms with Crippen LogP contribution >= 0.6 is 11.3 Å². The molecule has 24 heavy (non-hydrogen) atoms. The Hall–Kier alpha value is -1.90. The molecule has 1 amide bonds. The van der Waals surface area contributed by atoms with E-state index in [9.17, 15) is 13.2 Å². The van der Waals surface area contributed by atoms with Crippen molar-refractivity contribution >= 4 is 33.0 Å². The van der Waals surface area contributed by atoms with E-state index < -0.39 is 10.0 Å². The van der Waals surface area contributed by atoms with E-state index in [1.807, 2.05) is 24.4 Å². The maximum Gasteiger partial charge on any atom is 0.262 e. The van der Waals surface area contributed by atoms with Crippen LogP contribution < -0.4 is 14.8 Å². The van der Waals surface area contributed by atoms with Gasteiger partial charge in [0.1, 0.15) is 5.75 Å². The fraction of sp³-hybridized carbons (Fsp3) is 0.312. The molecule has 1 aliphatic heterocycles. The average molecular weight is 366 g/mol. The summed E-state index contributed by atoms with van der Waals surface area (Å²) >= 11 is 1.52. The standard InChI is InChI=1S/C16H18N2O4S2/c1-3-11(14-5-4-6-23-14)18-24(20,21)15-8-13-12(7-10(15)2)17-16(19)9-22-13/h4-8,11,18H,3,9H2,1-2H3,(H,17,19)/t11-/m1/s1. The molecule has 1 aromatic heterocycles. The number of hydrogen-bond acceptors (Lipinski definition) is 5. The second kappa shape index (κ2) is 6.54. The number of nitrogens with one attached hydrogen (secondary N) is 2. The third kappa shape index (κ3) is 3.31. The quantitative estimate of drug-likeness (QED) is 0.852. The van der Waals surface area contributed by atoms with Crippen molar-refractivity contribution in [2.45, 2.75) is 31.2 Å². The number of hydrogen-bond donors (Lipinski definition) is 2. The molecule has 8 heteroatoms. The monoisotopic (exact) mass is 366 g/mol. The van der Waals surface area contributed by atoms with Crippen molar-refractivity contribution in [1.29, 1.82) is 0 Å². The van der Waals surface area contributed by atoms with E-state index >= 15 is 0 Å². The van der Waals surface area contributed by atoms with Crippen molar-refractivity contribution in [1.82, 2.24) is 4.72 Å². The number of benzene rings is 1. The third-order valence-corrected chi connectivity index (χ3v) is 6.39. The van der Waals surface area contributed by atoms with Gasteiger partial charge in [0.25, 0.3) is 5.91 Å². The summed E-state index contributed by atoms with van der Waals surface area (Å²) in [7, 11) is -3.71. The van der Waals surface area contributed by atoms with E-state index in [1.54, 1.807) is 13.0 Å². The number of carbonyl (C=O) groups is 1. The highest BCUT2D eigenvalue weighted by Gasteiger charge is 2.26. The zero-order valence-corrected chi connectivity index (χ0v) is 15.0. The minimum Gasteiger partial charge on any atom is -0.482 e. The number of thiophene rings is 1. The highest BCUT2D eigenvalue weighted by atomic mass is 32.2. The summed E-state index contributed by atoms with van der Waals surface area (Å²) in [5.74, 6) is 0.115. The number of aryl methyl sites for hydroxylation is 1. The molecule has 128 valence electrons. The van der Waals surface area contributed by atoms with Crippen LogP contribution in [0.3, 0.4) is 0 Å². The van der Waals surface area contributed by atoms with Crippen LogP contribution in [0.2, 0.25) is 0 Å². The predicted molar refractivity (Wildman–Crippen MR) is 93.0 cm³/mol. The van der Waals surface area contributed by atoms with E-state index in [0.717, 1.165) is 4.88 Å². The van der Waals surface area contributed by atoms with Crippen LogP contribution in [0.5, 0.6) is 5.75 Å². The molecule has 2 N–H and O–H groups in total. The first-order chi connectivity index (χ1) is 11.4. The van der Waals surface area contributed by atoms with Crippen LogP contribution in [0.25, 0.3) is 0 Å². The van der Waals surface area contributed by atoms with Gasteiger partial charge >= 0.3 is 0 Å². The van der Waals surface area contributed by atoms with Gasteiger partial charge in [-0.15, -0.1) is 11.3 Å². The zero-order valence-electron chi connectivity index (χ0n) is 13.3. The molecular formula is C16H18N2O4S2. The summed E-state index contributed by atoms with van der Waals surface area (Å²) in [6.45, 7) is 3.52. The lowest BCUT2D eigenvalue weighted by Crippen LogP contribution is -2.29. The van der Waals surface area contributed by atoms with Crippen molar-refractivity contribution in [2.75, 3.05) is 11.9 Å². The van der Waals surface area contributed by atoms with E-state index in [-0.39, 0.29) is 23.5 Å². The Morgan fingerprint density at radius 1 is 1.42 bits per heavy atom. The first-order valence-electron chi connectivity index (χ1n) is 7.53. The molecule has 0 bridgehead atoms. The van der Waals surface area contributed by atoms with Crippen LogP contribution in [0.15, 0.2) is 34.5 Å². The van der Waals surface area contributed by atoms with E-state index in [4.69, 9.17) is 4.74 Å².